The van der Waals surface area contributed by atoms with E-state index in [9.17, 15) is 0 Å². The number of nitrogens with one attached hydrogen (secondary N) is 1. The standard InChI is InChI=1S/C14H23N3/c1-13(2)11-17(14(3,4)10-16-13)9-12-7-5-6-8-15-12/h5-8,16H,9-11H2,1-4H3. The molecule has 0 atom stereocenters. The van der Waals surface area contributed by atoms with Crippen LogP contribution in [0.5, 0.6) is 0 Å². The lowest BCUT2D eigenvalue weighted by molar-refractivity contribution is 0.0314. The van der Waals surface area contributed by atoms with E-state index < -0.39 is 0 Å². The minimum absolute atomic E-state index is 0.185. The van der Waals surface area contributed by atoms with Crippen LogP contribution in [0.2, 0.25) is 0 Å². The SMILES string of the molecule is CC1(C)CN(Cc2ccccn2)C(C)(C)CN1. The first kappa shape index (κ1) is 12.5. The molecule has 1 aliphatic rings. The van der Waals surface area contributed by atoms with Gasteiger partial charge in [0.05, 0.1) is 5.69 Å². The van der Waals surface area contributed by atoms with Gasteiger partial charge in [-0.05, 0) is 39.8 Å². The zero-order chi connectivity index (χ0) is 12.5. The van der Waals surface area contributed by atoms with Gasteiger partial charge in [-0.1, -0.05) is 6.07 Å². The molecular weight excluding hydrogens is 210 g/mol. The molecule has 17 heavy (non-hydrogen) atoms. The number of piperazine rings is 1. The van der Waals surface area contributed by atoms with E-state index >= 15 is 0 Å². The molecule has 0 unspecified atom stereocenters. The van der Waals surface area contributed by atoms with Crippen LogP contribution in [0.15, 0.2) is 24.4 Å². The summed E-state index contributed by atoms with van der Waals surface area (Å²) in [5.41, 5.74) is 1.52. The van der Waals surface area contributed by atoms with E-state index in [1.54, 1.807) is 0 Å². The molecule has 0 saturated carbocycles. The van der Waals surface area contributed by atoms with E-state index in [2.05, 4.69) is 55.0 Å². The third-order valence-corrected chi connectivity index (χ3v) is 3.52. The van der Waals surface area contributed by atoms with Crippen molar-refractivity contribution in [1.29, 1.82) is 0 Å². The minimum Gasteiger partial charge on any atom is -0.309 e. The van der Waals surface area contributed by atoms with Gasteiger partial charge >= 0.3 is 0 Å². The molecule has 1 fully saturated rings. The molecule has 1 N–H and O–H groups in total. The molecule has 3 heteroatoms. The summed E-state index contributed by atoms with van der Waals surface area (Å²) in [5.74, 6) is 0. The van der Waals surface area contributed by atoms with E-state index in [1.807, 2.05) is 12.3 Å². The van der Waals surface area contributed by atoms with Gasteiger partial charge in [0.15, 0.2) is 0 Å². The van der Waals surface area contributed by atoms with Gasteiger partial charge in [0, 0.05) is 36.9 Å². The molecule has 0 amide bonds. The van der Waals surface area contributed by atoms with Gasteiger partial charge in [0.25, 0.3) is 0 Å². The van der Waals surface area contributed by atoms with Crippen molar-refractivity contribution in [3.05, 3.63) is 30.1 Å². The maximum atomic E-state index is 4.42. The second-order valence-electron chi connectivity index (χ2n) is 6.23. The number of pyridine rings is 1. The van der Waals surface area contributed by atoms with Crippen LogP contribution in [-0.2, 0) is 6.54 Å². The fourth-order valence-corrected chi connectivity index (χ4v) is 2.27. The Morgan fingerprint density at radius 1 is 1.29 bits per heavy atom. The van der Waals surface area contributed by atoms with Crippen LogP contribution in [0, 0.1) is 0 Å². The zero-order valence-corrected chi connectivity index (χ0v) is 11.3. The number of rotatable bonds is 2. The number of aromatic nitrogens is 1. The quantitative estimate of drug-likeness (QED) is 0.847. The van der Waals surface area contributed by atoms with Gasteiger partial charge in [0.2, 0.25) is 0 Å². The lowest BCUT2D eigenvalue weighted by atomic mass is 9.91. The van der Waals surface area contributed by atoms with Crippen molar-refractivity contribution in [2.75, 3.05) is 13.1 Å². The summed E-state index contributed by atoms with van der Waals surface area (Å²) >= 11 is 0. The molecule has 1 aliphatic heterocycles. The van der Waals surface area contributed by atoms with Crippen LogP contribution < -0.4 is 5.32 Å². The number of nitrogens with zero attached hydrogens (tertiary/aromatic N) is 2. The van der Waals surface area contributed by atoms with E-state index in [-0.39, 0.29) is 11.1 Å². The summed E-state index contributed by atoms with van der Waals surface area (Å²) in [6.07, 6.45) is 1.87. The second-order valence-corrected chi connectivity index (χ2v) is 6.23. The van der Waals surface area contributed by atoms with Crippen molar-refractivity contribution in [3.63, 3.8) is 0 Å². The van der Waals surface area contributed by atoms with Gasteiger partial charge < -0.3 is 5.32 Å². The van der Waals surface area contributed by atoms with E-state index in [4.69, 9.17) is 0 Å². The first-order valence-corrected chi connectivity index (χ1v) is 6.29. The molecular formula is C14H23N3. The van der Waals surface area contributed by atoms with Crippen LogP contribution in [0.1, 0.15) is 33.4 Å². The molecule has 1 aromatic rings. The lowest BCUT2D eigenvalue weighted by Gasteiger charge is -2.49. The average Bonchev–Trinajstić information content (AvgIpc) is 2.26. The average molecular weight is 233 g/mol. The molecule has 2 rings (SSSR count). The van der Waals surface area contributed by atoms with Crippen LogP contribution in [0.4, 0.5) is 0 Å². The highest BCUT2D eigenvalue weighted by Crippen LogP contribution is 2.24. The van der Waals surface area contributed by atoms with E-state index in [1.165, 1.54) is 0 Å². The molecule has 0 aliphatic carbocycles. The summed E-state index contributed by atoms with van der Waals surface area (Å²) in [5, 5.41) is 3.60. The van der Waals surface area contributed by atoms with Crippen LogP contribution in [0.25, 0.3) is 0 Å². The van der Waals surface area contributed by atoms with Gasteiger partial charge in [-0.3, -0.25) is 9.88 Å². The van der Waals surface area contributed by atoms with Crippen LogP contribution in [0.3, 0.4) is 0 Å². The Morgan fingerprint density at radius 3 is 2.71 bits per heavy atom. The molecule has 0 spiro atoms. The lowest BCUT2D eigenvalue weighted by Crippen LogP contribution is -2.65. The topological polar surface area (TPSA) is 28.2 Å². The maximum Gasteiger partial charge on any atom is 0.0544 e. The molecule has 0 bridgehead atoms. The van der Waals surface area contributed by atoms with Crippen molar-refractivity contribution in [1.82, 2.24) is 15.2 Å². The Morgan fingerprint density at radius 2 is 2.06 bits per heavy atom. The van der Waals surface area contributed by atoms with Crippen molar-refractivity contribution < 1.29 is 0 Å². The van der Waals surface area contributed by atoms with Gasteiger partial charge in [-0.15, -0.1) is 0 Å². The normalized spacial score (nSPS) is 23.5. The Bertz CT molecular complexity index is 370. The summed E-state index contributed by atoms with van der Waals surface area (Å²) < 4.78 is 0. The third kappa shape index (κ3) is 3.05. The van der Waals surface area contributed by atoms with Gasteiger partial charge in [-0.2, -0.15) is 0 Å². The van der Waals surface area contributed by atoms with Gasteiger partial charge in [0.1, 0.15) is 0 Å². The largest absolute Gasteiger partial charge is 0.309 e. The van der Waals surface area contributed by atoms with Crippen molar-refractivity contribution in [3.8, 4) is 0 Å². The van der Waals surface area contributed by atoms with Crippen molar-refractivity contribution in [2.45, 2.75) is 45.3 Å². The number of hydrogen-bond donors (Lipinski definition) is 1. The van der Waals surface area contributed by atoms with Crippen molar-refractivity contribution >= 4 is 0 Å². The predicted molar refractivity (Wildman–Crippen MR) is 70.8 cm³/mol. The summed E-state index contributed by atoms with van der Waals surface area (Å²) in [6.45, 7) is 12.1. The predicted octanol–water partition coefficient (Wildman–Crippen LogP) is 2.04. The maximum absolute atomic E-state index is 4.42. The Kier molecular flexibility index (Phi) is 3.23. The molecule has 1 saturated heterocycles. The second kappa shape index (κ2) is 4.39. The van der Waals surface area contributed by atoms with E-state index in [0.29, 0.717) is 0 Å². The first-order chi connectivity index (χ1) is 7.89. The van der Waals surface area contributed by atoms with Crippen LogP contribution in [-0.4, -0.2) is 34.1 Å². The summed E-state index contributed by atoms with van der Waals surface area (Å²) in [4.78, 5) is 6.94. The number of hydrogen-bond acceptors (Lipinski definition) is 3. The Labute approximate surface area is 104 Å². The molecule has 0 aromatic carbocycles. The highest BCUT2D eigenvalue weighted by molar-refractivity contribution is 5.06. The third-order valence-electron chi connectivity index (χ3n) is 3.52. The molecule has 94 valence electrons. The van der Waals surface area contributed by atoms with Gasteiger partial charge in [-0.25, -0.2) is 0 Å². The molecule has 1 aromatic heterocycles. The fraction of sp³-hybridized carbons (Fsp3) is 0.643. The Balaban J connectivity index is 2.12. The molecule has 2 heterocycles. The summed E-state index contributed by atoms with van der Waals surface area (Å²) in [6, 6.07) is 6.13. The monoisotopic (exact) mass is 233 g/mol. The van der Waals surface area contributed by atoms with E-state index in [0.717, 1.165) is 25.3 Å². The smallest absolute Gasteiger partial charge is 0.0544 e. The van der Waals surface area contributed by atoms with Crippen molar-refractivity contribution in [2.24, 2.45) is 0 Å². The van der Waals surface area contributed by atoms with Crippen LogP contribution >= 0.6 is 0 Å². The highest BCUT2D eigenvalue weighted by Gasteiger charge is 2.37. The molecule has 0 radical (unpaired) electrons. The summed E-state index contributed by atoms with van der Waals surface area (Å²) in [7, 11) is 0. The fourth-order valence-electron chi connectivity index (χ4n) is 2.27. The first-order valence-electron chi connectivity index (χ1n) is 6.29. The minimum atomic E-state index is 0.185. The Hall–Kier alpha value is -0.930. The molecule has 3 nitrogen and oxygen atoms in total. The zero-order valence-electron chi connectivity index (χ0n) is 11.3. The highest BCUT2D eigenvalue weighted by atomic mass is 15.3.